The van der Waals surface area contributed by atoms with Gasteiger partial charge in [0.15, 0.2) is 0 Å². The van der Waals surface area contributed by atoms with E-state index >= 15 is 0 Å². The third-order valence-electron chi connectivity index (χ3n) is 3.19. The summed E-state index contributed by atoms with van der Waals surface area (Å²) in [4.78, 5) is 0. The molecule has 1 aromatic carbocycles. The van der Waals surface area contributed by atoms with Gasteiger partial charge in [0.05, 0.1) is 19.3 Å². The van der Waals surface area contributed by atoms with Gasteiger partial charge in [0, 0.05) is 12.0 Å². The van der Waals surface area contributed by atoms with Crippen LogP contribution in [0.1, 0.15) is 30.0 Å². The Balaban J connectivity index is 2.53. The number of hydrogen-bond donors (Lipinski definition) is 0. The summed E-state index contributed by atoms with van der Waals surface area (Å²) < 4.78 is 11.1. The first kappa shape index (κ1) is 10.5. The third-order valence-corrected chi connectivity index (χ3v) is 3.19. The Morgan fingerprint density at radius 2 is 2.00 bits per heavy atom. The average molecular weight is 206 g/mol. The largest absolute Gasteiger partial charge is 0.496 e. The minimum atomic E-state index is -0.136. The number of methoxy groups -OCH3 is 1. The number of ether oxygens (including phenoxy) is 2. The maximum Gasteiger partial charge on any atom is 0.125 e. The van der Waals surface area contributed by atoms with Crippen molar-refractivity contribution in [3.63, 3.8) is 0 Å². The Bertz CT molecular complexity index is 378. The standard InChI is InChI=1S/C13H18O2/c1-9-7-10(2)12(11(8-9)14-4)13(3)5-6-15-13/h7-8H,5-6H2,1-4H3. The van der Waals surface area contributed by atoms with Crippen LogP contribution in [0.15, 0.2) is 12.1 Å². The van der Waals surface area contributed by atoms with E-state index in [1.165, 1.54) is 16.7 Å². The second-order valence-electron chi connectivity index (χ2n) is 4.49. The molecule has 2 rings (SSSR count). The lowest BCUT2D eigenvalue weighted by Gasteiger charge is -2.40. The van der Waals surface area contributed by atoms with Crippen LogP contribution in [0.4, 0.5) is 0 Å². The van der Waals surface area contributed by atoms with Crippen molar-refractivity contribution in [1.82, 2.24) is 0 Å². The second-order valence-corrected chi connectivity index (χ2v) is 4.49. The van der Waals surface area contributed by atoms with Gasteiger partial charge < -0.3 is 9.47 Å². The Kier molecular flexibility index (Phi) is 2.47. The highest BCUT2D eigenvalue weighted by atomic mass is 16.5. The molecule has 0 aliphatic carbocycles. The highest BCUT2D eigenvalue weighted by Gasteiger charge is 2.38. The van der Waals surface area contributed by atoms with Crippen LogP contribution < -0.4 is 4.74 Å². The molecule has 0 aromatic heterocycles. The van der Waals surface area contributed by atoms with Gasteiger partial charge >= 0.3 is 0 Å². The Labute approximate surface area is 91.2 Å². The molecule has 0 radical (unpaired) electrons. The lowest BCUT2D eigenvalue weighted by atomic mass is 9.84. The molecule has 0 bridgehead atoms. The normalized spacial score (nSPS) is 24.8. The molecule has 1 aromatic rings. The molecular weight excluding hydrogens is 188 g/mol. The van der Waals surface area contributed by atoms with E-state index in [9.17, 15) is 0 Å². The van der Waals surface area contributed by atoms with E-state index in [1.807, 2.05) is 0 Å². The first-order chi connectivity index (χ1) is 7.07. The van der Waals surface area contributed by atoms with Gasteiger partial charge in [-0.15, -0.1) is 0 Å². The van der Waals surface area contributed by atoms with Crippen LogP contribution in [-0.4, -0.2) is 13.7 Å². The molecular formula is C13H18O2. The van der Waals surface area contributed by atoms with Crippen molar-refractivity contribution < 1.29 is 9.47 Å². The van der Waals surface area contributed by atoms with Gasteiger partial charge in [-0.3, -0.25) is 0 Å². The predicted octanol–water partition coefficient (Wildman–Crippen LogP) is 2.95. The predicted molar refractivity (Wildman–Crippen MR) is 60.4 cm³/mol. The highest BCUT2D eigenvalue weighted by Crippen LogP contribution is 2.43. The molecule has 0 spiro atoms. The Morgan fingerprint density at radius 3 is 2.47 bits per heavy atom. The van der Waals surface area contributed by atoms with Gasteiger partial charge in [-0.2, -0.15) is 0 Å². The summed E-state index contributed by atoms with van der Waals surface area (Å²) in [6, 6.07) is 4.26. The summed E-state index contributed by atoms with van der Waals surface area (Å²) in [6.45, 7) is 7.20. The summed E-state index contributed by atoms with van der Waals surface area (Å²) >= 11 is 0. The molecule has 0 amide bonds. The molecule has 2 heteroatoms. The Hall–Kier alpha value is -1.02. The zero-order valence-corrected chi connectivity index (χ0v) is 9.89. The molecule has 0 N–H and O–H groups in total. The number of aryl methyl sites for hydroxylation is 2. The molecule has 2 nitrogen and oxygen atoms in total. The van der Waals surface area contributed by atoms with Crippen molar-refractivity contribution in [3.05, 3.63) is 28.8 Å². The average Bonchev–Trinajstić information content (AvgIpc) is 2.13. The van der Waals surface area contributed by atoms with Gasteiger partial charge in [0.25, 0.3) is 0 Å². The van der Waals surface area contributed by atoms with E-state index in [0.29, 0.717) is 0 Å². The quantitative estimate of drug-likeness (QED) is 0.740. The Morgan fingerprint density at radius 1 is 1.33 bits per heavy atom. The third kappa shape index (κ3) is 1.63. The maximum absolute atomic E-state index is 5.69. The van der Waals surface area contributed by atoms with Gasteiger partial charge in [-0.25, -0.2) is 0 Å². The summed E-state index contributed by atoms with van der Waals surface area (Å²) in [7, 11) is 1.72. The summed E-state index contributed by atoms with van der Waals surface area (Å²) in [5.74, 6) is 0.953. The van der Waals surface area contributed by atoms with Crippen LogP contribution in [0.5, 0.6) is 5.75 Å². The molecule has 82 valence electrons. The number of benzene rings is 1. The van der Waals surface area contributed by atoms with Crippen LogP contribution in [0.2, 0.25) is 0 Å². The van der Waals surface area contributed by atoms with Crippen LogP contribution in [-0.2, 0) is 10.3 Å². The van der Waals surface area contributed by atoms with Crippen LogP contribution in [0.3, 0.4) is 0 Å². The zero-order valence-electron chi connectivity index (χ0n) is 9.89. The molecule has 1 fully saturated rings. The maximum atomic E-state index is 5.69. The second kappa shape index (κ2) is 3.53. The van der Waals surface area contributed by atoms with Crippen molar-refractivity contribution in [3.8, 4) is 5.75 Å². The molecule has 1 saturated heterocycles. The van der Waals surface area contributed by atoms with E-state index < -0.39 is 0 Å². The molecule has 1 heterocycles. The summed E-state index contributed by atoms with van der Waals surface area (Å²) in [6.07, 6.45) is 1.08. The van der Waals surface area contributed by atoms with E-state index in [2.05, 4.69) is 32.9 Å². The molecule has 0 saturated carbocycles. The van der Waals surface area contributed by atoms with Gasteiger partial charge in [-0.05, 0) is 38.0 Å². The molecule has 1 unspecified atom stereocenters. The summed E-state index contributed by atoms with van der Waals surface area (Å²) in [5.41, 5.74) is 3.57. The van der Waals surface area contributed by atoms with E-state index in [1.54, 1.807) is 7.11 Å². The fourth-order valence-electron chi connectivity index (χ4n) is 2.37. The zero-order chi connectivity index (χ0) is 11.1. The lowest BCUT2D eigenvalue weighted by Crippen LogP contribution is -2.38. The SMILES string of the molecule is COc1cc(C)cc(C)c1C1(C)CCO1. The minimum absolute atomic E-state index is 0.136. The fraction of sp³-hybridized carbons (Fsp3) is 0.538. The first-order valence-corrected chi connectivity index (χ1v) is 5.36. The molecule has 15 heavy (non-hydrogen) atoms. The number of rotatable bonds is 2. The van der Waals surface area contributed by atoms with Crippen LogP contribution in [0.25, 0.3) is 0 Å². The van der Waals surface area contributed by atoms with Crippen LogP contribution >= 0.6 is 0 Å². The van der Waals surface area contributed by atoms with Gasteiger partial charge in [0.2, 0.25) is 0 Å². The first-order valence-electron chi connectivity index (χ1n) is 5.36. The van der Waals surface area contributed by atoms with Crippen molar-refractivity contribution in [2.24, 2.45) is 0 Å². The topological polar surface area (TPSA) is 18.5 Å². The molecule has 1 atom stereocenters. The summed E-state index contributed by atoms with van der Waals surface area (Å²) in [5, 5.41) is 0. The molecule has 1 aliphatic rings. The number of hydrogen-bond acceptors (Lipinski definition) is 2. The molecule has 1 aliphatic heterocycles. The van der Waals surface area contributed by atoms with Crippen molar-refractivity contribution in [2.45, 2.75) is 32.8 Å². The van der Waals surface area contributed by atoms with Crippen molar-refractivity contribution >= 4 is 0 Å². The van der Waals surface area contributed by atoms with Gasteiger partial charge in [0.1, 0.15) is 5.75 Å². The smallest absolute Gasteiger partial charge is 0.125 e. The minimum Gasteiger partial charge on any atom is -0.496 e. The monoisotopic (exact) mass is 206 g/mol. The van der Waals surface area contributed by atoms with E-state index in [0.717, 1.165) is 18.8 Å². The lowest BCUT2D eigenvalue weighted by molar-refractivity contribution is -0.141. The highest BCUT2D eigenvalue weighted by molar-refractivity contribution is 5.47. The van der Waals surface area contributed by atoms with Crippen LogP contribution in [0, 0.1) is 13.8 Å². The van der Waals surface area contributed by atoms with Crippen molar-refractivity contribution in [1.29, 1.82) is 0 Å². The van der Waals surface area contributed by atoms with E-state index in [4.69, 9.17) is 9.47 Å². The fourth-order valence-corrected chi connectivity index (χ4v) is 2.37. The van der Waals surface area contributed by atoms with Gasteiger partial charge in [-0.1, -0.05) is 6.07 Å². The van der Waals surface area contributed by atoms with Crippen molar-refractivity contribution in [2.75, 3.05) is 13.7 Å². The van der Waals surface area contributed by atoms with E-state index in [-0.39, 0.29) is 5.60 Å².